The van der Waals surface area contributed by atoms with Crippen LogP contribution in [0.15, 0.2) is 12.1 Å². The van der Waals surface area contributed by atoms with Crippen LogP contribution in [-0.2, 0) is 0 Å². The molecular formula is C10H13NO5. The first-order valence-electron chi connectivity index (χ1n) is 4.59. The van der Waals surface area contributed by atoms with Crippen molar-refractivity contribution in [2.45, 2.75) is 13.0 Å². The predicted molar refractivity (Wildman–Crippen MR) is 56.8 cm³/mol. The summed E-state index contributed by atoms with van der Waals surface area (Å²) in [5.41, 5.74) is 0.00954. The second-order valence-electron chi connectivity index (χ2n) is 3.20. The summed E-state index contributed by atoms with van der Waals surface area (Å²) in [6.07, 6.45) is -0.944. The van der Waals surface area contributed by atoms with Crippen molar-refractivity contribution in [1.29, 1.82) is 0 Å². The van der Waals surface area contributed by atoms with E-state index in [0.717, 1.165) is 0 Å². The van der Waals surface area contributed by atoms with E-state index in [4.69, 9.17) is 9.47 Å². The van der Waals surface area contributed by atoms with Crippen molar-refractivity contribution >= 4 is 5.69 Å². The van der Waals surface area contributed by atoms with E-state index in [1.807, 2.05) is 0 Å². The zero-order valence-corrected chi connectivity index (χ0v) is 9.26. The van der Waals surface area contributed by atoms with E-state index >= 15 is 0 Å². The highest BCUT2D eigenvalue weighted by Crippen LogP contribution is 2.36. The predicted octanol–water partition coefficient (Wildman–Crippen LogP) is 1.67. The molecule has 1 aromatic carbocycles. The summed E-state index contributed by atoms with van der Waals surface area (Å²) in [6.45, 7) is 1.45. The van der Waals surface area contributed by atoms with E-state index in [1.165, 1.54) is 33.3 Å². The molecule has 0 aliphatic rings. The number of methoxy groups -OCH3 is 2. The lowest BCUT2D eigenvalue weighted by Crippen LogP contribution is -2.01. The summed E-state index contributed by atoms with van der Waals surface area (Å²) in [5, 5.41) is 20.2. The third-order valence-corrected chi connectivity index (χ3v) is 2.18. The van der Waals surface area contributed by atoms with Crippen molar-refractivity contribution in [3.63, 3.8) is 0 Å². The van der Waals surface area contributed by atoms with Crippen LogP contribution in [0.4, 0.5) is 5.69 Å². The molecule has 0 heterocycles. The molecule has 1 N–H and O–H groups in total. The highest BCUT2D eigenvalue weighted by molar-refractivity contribution is 5.54. The second kappa shape index (κ2) is 4.80. The number of nitrogens with zero attached hydrogens (tertiary/aromatic N) is 1. The fourth-order valence-corrected chi connectivity index (χ4v) is 1.38. The summed E-state index contributed by atoms with van der Waals surface area (Å²) in [4.78, 5) is 10.2. The normalized spacial score (nSPS) is 12.0. The maximum absolute atomic E-state index is 10.8. The molecule has 0 saturated carbocycles. The topological polar surface area (TPSA) is 81.8 Å². The highest BCUT2D eigenvalue weighted by atomic mass is 16.6. The van der Waals surface area contributed by atoms with Gasteiger partial charge in [0.15, 0.2) is 11.5 Å². The molecule has 0 saturated heterocycles. The Morgan fingerprint density at radius 1 is 1.31 bits per heavy atom. The van der Waals surface area contributed by atoms with Gasteiger partial charge in [0.2, 0.25) is 0 Å². The molecule has 1 unspecified atom stereocenters. The molecule has 0 spiro atoms. The number of nitro groups is 1. The van der Waals surface area contributed by atoms with Gasteiger partial charge in [0.05, 0.1) is 36.9 Å². The molecule has 1 rings (SSSR count). The van der Waals surface area contributed by atoms with Crippen LogP contribution in [0, 0.1) is 10.1 Å². The molecule has 0 radical (unpaired) electrons. The van der Waals surface area contributed by atoms with Crippen LogP contribution in [0.25, 0.3) is 0 Å². The van der Waals surface area contributed by atoms with Crippen LogP contribution in [-0.4, -0.2) is 24.2 Å². The van der Waals surface area contributed by atoms with E-state index in [0.29, 0.717) is 5.75 Å². The van der Waals surface area contributed by atoms with Crippen LogP contribution >= 0.6 is 0 Å². The van der Waals surface area contributed by atoms with Crippen molar-refractivity contribution < 1.29 is 19.5 Å². The molecule has 0 aromatic heterocycles. The smallest absolute Gasteiger partial charge is 0.279 e. The van der Waals surface area contributed by atoms with Crippen LogP contribution < -0.4 is 9.47 Å². The Labute approximate surface area is 92.6 Å². The fraction of sp³-hybridized carbons (Fsp3) is 0.400. The van der Waals surface area contributed by atoms with E-state index in [1.54, 1.807) is 0 Å². The van der Waals surface area contributed by atoms with E-state index in [9.17, 15) is 15.2 Å². The SMILES string of the molecule is COc1cc(C(C)O)c([N+](=O)[O-])cc1OC. The number of hydrogen-bond acceptors (Lipinski definition) is 5. The molecule has 1 atom stereocenters. The van der Waals surface area contributed by atoms with Gasteiger partial charge in [0.1, 0.15) is 0 Å². The minimum atomic E-state index is -0.944. The van der Waals surface area contributed by atoms with Crippen LogP contribution in [0.3, 0.4) is 0 Å². The average molecular weight is 227 g/mol. The summed E-state index contributed by atoms with van der Waals surface area (Å²) < 4.78 is 9.95. The molecule has 1 aromatic rings. The number of aliphatic hydroxyl groups excluding tert-OH is 1. The zero-order chi connectivity index (χ0) is 12.3. The minimum absolute atomic E-state index is 0.187. The van der Waals surface area contributed by atoms with E-state index in [-0.39, 0.29) is 17.0 Å². The summed E-state index contributed by atoms with van der Waals surface area (Å²) >= 11 is 0. The summed E-state index contributed by atoms with van der Waals surface area (Å²) in [5.74, 6) is 0.614. The lowest BCUT2D eigenvalue weighted by Gasteiger charge is -2.11. The van der Waals surface area contributed by atoms with Crippen LogP contribution in [0.5, 0.6) is 11.5 Å². The number of rotatable bonds is 4. The Hall–Kier alpha value is -1.82. The largest absolute Gasteiger partial charge is 0.493 e. The van der Waals surface area contributed by atoms with Gasteiger partial charge in [0.25, 0.3) is 5.69 Å². The van der Waals surface area contributed by atoms with E-state index < -0.39 is 11.0 Å². The summed E-state index contributed by atoms with van der Waals surface area (Å²) in [6, 6.07) is 2.64. The van der Waals surface area contributed by atoms with Crippen molar-refractivity contribution in [3.05, 3.63) is 27.8 Å². The van der Waals surface area contributed by atoms with Crippen LogP contribution in [0.2, 0.25) is 0 Å². The van der Waals surface area contributed by atoms with Gasteiger partial charge in [-0.1, -0.05) is 0 Å². The van der Waals surface area contributed by atoms with Gasteiger partial charge in [0, 0.05) is 0 Å². The third kappa shape index (κ3) is 2.22. The Balaban J connectivity index is 3.41. The molecule has 0 bridgehead atoms. The Morgan fingerprint density at radius 2 is 1.81 bits per heavy atom. The Morgan fingerprint density at radius 3 is 2.19 bits per heavy atom. The Bertz CT molecular complexity index is 402. The molecule has 88 valence electrons. The lowest BCUT2D eigenvalue weighted by molar-refractivity contribution is -0.386. The molecule has 0 amide bonds. The minimum Gasteiger partial charge on any atom is -0.493 e. The molecule has 6 nitrogen and oxygen atoms in total. The number of benzene rings is 1. The monoisotopic (exact) mass is 227 g/mol. The molecule has 0 aliphatic carbocycles. The van der Waals surface area contributed by atoms with E-state index in [2.05, 4.69) is 0 Å². The molecule has 0 fully saturated rings. The van der Waals surface area contributed by atoms with Gasteiger partial charge in [-0.15, -0.1) is 0 Å². The number of ether oxygens (including phenoxy) is 2. The molecular weight excluding hydrogens is 214 g/mol. The molecule has 6 heteroatoms. The zero-order valence-electron chi connectivity index (χ0n) is 9.26. The number of nitro benzene ring substituents is 1. The average Bonchev–Trinajstić information content (AvgIpc) is 2.26. The first-order valence-corrected chi connectivity index (χ1v) is 4.59. The van der Waals surface area contributed by atoms with Crippen LogP contribution in [0.1, 0.15) is 18.6 Å². The van der Waals surface area contributed by atoms with Crippen molar-refractivity contribution in [3.8, 4) is 11.5 Å². The molecule has 16 heavy (non-hydrogen) atoms. The standard InChI is InChI=1S/C10H13NO5/c1-6(12)7-4-9(15-2)10(16-3)5-8(7)11(13)14/h4-6,12H,1-3H3. The first-order chi connectivity index (χ1) is 7.51. The quantitative estimate of drug-likeness (QED) is 0.624. The highest BCUT2D eigenvalue weighted by Gasteiger charge is 2.22. The second-order valence-corrected chi connectivity index (χ2v) is 3.20. The maximum atomic E-state index is 10.8. The van der Waals surface area contributed by atoms with Gasteiger partial charge >= 0.3 is 0 Å². The lowest BCUT2D eigenvalue weighted by atomic mass is 10.1. The number of hydrogen-bond donors (Lipinski definition) is 1. The maximum Gasteiger partial charge on any atom is 0.279 e. The number of aliphatic hydroxyl groups is 1. The fourth-order valence-electron chi connectivity index (χ4n) is 1.38. The summed E-state index contributed by atoms with van der Waals surface area (Å²) in [7, 11) is 2.82. The first kappa shape index (κ1) is 12.3. The van der Waals surface area contributed by atoms with Crippen molar-refractivity contribution in [1.82, 2.24) is 0 Å². The van der Waals surface area contributed by atoms with Gasteiger partial charge < -0.3 is 14.6 Å². The van der Waals surface area contributed by atoms with Crippen molar-refractivity contribution in [2.75, 3.05) is 14.2 Å². The van der Waals surface area contributed by atoms with Gasteiger partial charge in [-0.3, -0.25) is 10.1 Å². The molecule has 0 aliphatic heterocycles. The van der Waals surface area contributed by atoms with Gasteiger partial charge in [-0.05, 0) is 13.0 Å². The van der Waals surface area contributed by atoms with Gasteiger partial charge in [-0.25, -0.2) is 0 Å². The van der Waals surface area contributed by atoms with Crippen molar-refractivity contribution in [2.24, 2.45) is 0 Å². The van der Waals surface area contributed by atoms with Gasteiger partial charge in [-0.2, -0.15) is 0 Å². The third-order valence-electron chi connectivity index (χ3n) is 2.18. The Kier molecular flexibility index (Phi) is 3.68.